The second kappa shape index (κ2) is 5.48. The Labute approximate surface area is 104 Å². The Morgan fingerprint density at radius 1 is 1.44 bits per heavy atom. The molecule has 1 aromatic rings. The molecule has 0 fully saturated rings. The van der Waals surface area contributed by atoms with E-state index in [4.69, 9.17) is 9.84 Å². The summed E-state index contributed by atoms with van der Waals surface area (Å²) in [6.07, 6.45) is -1.11. The normalized spacial score (nSPS) is 12.2. The highest BCUT2D eigenvalue weighted by molar-refractivity contribution is 5.73. The van der Waals surface area contributed by atoms with Crippen LogP contribution in [0.25, 0.3) is 0 Å². The molecule has 98 valence electrons. The molecule has 0 bridgehead atoms. The third kappa shape index (κ3) is 2.97. The molecular weight excluding hydrogens is 238 g/mol. The fourth-order valence-corrected chi connectivity index (χ4v) is 1.57. The van der Waals surface area contributed by atoms with E-state index >= 15 is 0 Å². The van der Waals surface area contributed by atoms with Gasteiger partial charge in [0.1, 0.15) is 0 Å². The van der Waals surface area contributed by atoms with E-state index in [-0.39, 0.29) is 17.4 Å². The van der Waals surface area contributed by atoms with Crippen molar-refractivity contribution in [3.8, 4) is 5.75 Å². The number of nitro groups is 1. The lowest BCUT2D eigenvalue weighted by Crippen LogP contribution is -2.32. The van der Waals surface area contributed by atoms with Gasteiger partial charge in [0, 0.05) is 11.5 Å². The van der Waals surface area contributed by atoms with E-state index in [1.54, 1.807) is 32.9 Å². The standard InChI is InChI=1S/C12H15NO5/c1-7(2)11(12(14)15)18-9-6-4-5-8(3)10(9)13(16)17/h4-7,11H,1-3H3,(H,14,15). The Balaban J connectivity index is 3.14. The van der Waals surface area contributed by atoms with Gasteiger partial charge in [0.25, 0.3) is 0 Å². The summed E-state index contributed by atoms with van der Waals surface area (Å²) in [6, 6.07) is 4.58. The molecule has 0 aliphatic carbocycles. The largest absolute Gasteiger partial charge is 0.478 e. The minimum absolute atomic E-state index is 0.0129. The van der Waals surface area contributed by atoms with Gasteiger partial charge in [-0.3, -0.25) is 10.1 Å². The zero-order valence-electron chi connectivity index (χ0n) is 10.4. The predicted octanol–water partition coefficient (Wildman–Crippen LogP) is 2.39. The number of nitrogens with zero attached hydrogens (tertiary/aromatic N) is 1. The van der Waals surface area contributed by atoms with Crippen LogP contribution < -0.4 is 4.74 Å². The lowest BCUT2D eigenvalue weighted by atomic mass is 10.1. The van der Waals surface area contributed by atoms with E-state index in [1.807, 2.05) is 0 Å². The monoisotopic (exact) mass is 253 g/mol. The van der Waals surface area contributed by atoms with Gasteiger partial charge in [-0.25, -0.2) is 4.79 Å². The molecule has 18 heavy (non-hydrogen) atoms. The first-order valence-corrected chi connectivity index (χ1v) is 5.48. The molecule has 6 heteroatoms. The molecule has 0 spiro atoms. The Kier molecular flexibility index (Phi) is 4.25. The summed E-state index contributed by atoms with van der Waals surface area (Å²) in [7, 11) is 0. The number of para-hydroxylation sites is 1. The van der Waals surface area contributed by atoms with Crippen molar-refractivity contribution in [2.75, 3.05) is 0 Å². The third-order valence-corrected chi connectivity index (χ3v) is 2.49. The number of rotatable bonds is 5. The van der Waals surface area contributed by atoms with Crippen LogP contribution in [0.3, 0.4) is 0 Å². The SMILES string of the molecule is Cc1cccc(OC(C(=O)O)C(C)C)c1[N+](=O)[O-]. The van der Waals surface area contributed by atoms with Crippen LogP contribution in [0.1, 0.15) is 19.4 Å². The molecule has 0 saturated heterocycles. The minimum Gasteiger partial charge on any atom is -0.478 e. The van der Waals surface area contributed by atoms with E-state index in [2.05, 4.69) is 0 Å². The van der Waals surface area contributed by atoms with Gasteiger partial charge in [-0.1, -0.05) is 26.0 Å². The molecule has 1 N–H and O–H groups in total. The fourth-order valence-electron chi connectivity index (χ4n) is 1.57. The summed E-state index contributed by atoms with van der Waals surface area (Å²) >= 11 is 0. The molecule has 1 rings (SSSR count). The maximum atomic E-state index is 11.0. The Morgan fingerprint density at radius 3 is 2.50 bits per heavy atom. The van der Waals surface area contributed by atoms with Crippen LogP contribution in [0.15, 0.2) is 18.2 Å². The summed E-state index contributed by atoms with van der Waals surface area (Å²) in [5.41, 5.74) is 0.245. The van der Waals surface area contributed by atoms with Crippen molar-refractivity contribution in [1.82, 2.24) is 0 Å². The molecule has 0 aromatic heterocycles. The van der Waals surface area contributed by atoms with E-state index in [0.29, 0.717) is 5.56 Å². The van der Waals surface area contributed by atoms with Crippen molar-refractivity contribution >= 4 is 11.7 Å². The van der Waals surface area contributed by atoms with Gasteiger partial charge in [-0.2, -0.15) is 0 Å². The zero-order valence-corrected chi connectivity index (χ0v) is 10.4. The Morgan fingerprint density at radius 2 is 2.06 bits per heavy atom. The van der Waals surface area contributed by atoms with E-state index < -0.39 is 17.0 Å². The fraction of sp³-hybridized carbons (Fsp3) is 0.417. The summed E-state index contributed by atoms with van der Waals surface area (Å²) in [5.74, 6) is -1.44. The third-order valence-electron chi connectivity index (χ3n) is 2.49. The molecule has 0 amide bonds. The van der Waals surface area contributed by atoms with E-state index in [0.717, 1.165) is 0 Å². The summed E-state index contributed by atoms with van der Waals surface area (Å²) in [6.45, 7) is 4.94. The van der Waals surface area contributed by atoms with Crippen LogP contribution in [-0.4, -0.2) is 22.1 Å². The van der Waals surface area contributed by atoms with Crippen LogP contribution in [0.5, 0.6) is 5.75 Å². The first-order chi connectivity index (χ1) is 8.34. The summed E-state index contributed by atoms with van der Waals surface area (Å²) in [5, 5.41) is 20.0. The van der Waals surface area contributed by atoms with Crippen LogP contribution >= 0.6 is 0 Å². The maximum Gasteiger partial charge on any atom is 0.345 e. The number of carboxylic acids is 1. The molecular formula is C12H15NO5. The van der Waals surface area contributed by atoms with E-state index in [1.165, 1.54) is 6.07 Å². The number of carbonyl (C=O) groups is 1. The molecule has 0 radical (unpaired) electrons. The molecule has 1 unspecified atom stereocenters. The Hall–Kier alpha value is -2.11. The van der Waals surface area contributed by atoms with Crippen LogP contribution in [0.4, 0.5) is 5.69 Å². The van der Waals surface area contributed by atoms with Crippen molar-refractivity contribution in [2.24, 2.45) is 5.92 Å². The Bertz CT molecular complexity index is 470. The van der Waals surface area contributed by atoms with Crippen LogP contribution in [-0.2, 0) is 4.79 Å². The number of nitro benzene ring substituents is 1. The van der Waals surface area contributed by atoms with E-state index in [9.17, 15) is 14.9 Å². The second-order valence-corrected chi connectivity index (χ2v) is 4.30. The number of hydrogen-bond acceptors (Lipinski definition) is 4. The molecule has 1 atom stereocenters. The van der Waals surface area contributed by atoms with Gasteiger partial charge in [0.05, 0.1) is 4.92 Å². The van der Waals surface area contributed by atoms with Crippen molar-refractivity contribution in [3.05, 3.63) is 33.9 Å². The molecule has 1 aromatic carbocycles. The number of aryl methyl sites for hydroxylation is 1. The van der Waals surface area contributed by atoms with Crippen LogP contribution in [0, 0.1) is 23.0 Å². The highest BCUT2D eigenvalue weighted by Crippen LogP contribution is 2.31. The molecule has 0 heterocycles. The summed E-state index contributed by atoms with van der Waals surface area (Å²) < 4.78 is 5.27. The lowest BCUT2D eigenvalue weighted by Gasteiger charge is -2.18. The topological polar surface area (TPSA) is 89.7 Å². The number of carboxylic acid groups (broad SMARTS) is 1. The van der Waals surface area contributed by atoms with Crippen molar-refractivity contribution in [1.29, 1.82) is 0 Å². The predicted molar refractivity (Wildman–Crippen MR) is 64.7 cm³/mol. The van der Waals surface area contributed by atoms with Gasteiger partial charge in [-0.15, -0.1) is 0 Å². The van der Waals surface area contributed by atoms with Gasteiger partial charge < -0.3 is 9.84 Å². The van der Waals surface area contributed by atoms with Crippen molar-refractivity contribution in [2.45, 2.75) is 26.9 Å². The first kappa shape index (κ1) is 14.0. The molecule has 0 aliphatic heterocycles. The van der Waals surface area contributed by atoms with Crippen LogP contribution in [0.2, 0.25) is 0 Å². The van der Waals surface area contributed by atoms with Gasteiger partial charge in [0.15, 0.2) is 11.9 Å². The number of aliphatic carboxylic acids is 1. The number of benzene rings is 1. The van der Waals surface area contributed by atoms with Crippen molar-refractivity contribution < 1.29 is 19.6 Å². The molecule has 6 nitrogen and oxygen atoms in total. The maximum absolute atomic E-state index is 11.0. The van der Waals surface area contributed by atoms with Gasteiger partial charge in [-0.05, 0) is 13.0 Å². The average Bonchev–Trinajstić information content (AvgIpc) is 2.24. The molecule has 0 aliphatic rings. The number of ether oxygens (including phenoxy) is 1. The van der Waals surface area contributed by atoms with Crippen molar-refractivity contribution in [3.63, 3.8) is 0 Å². The zero-order chi connectivity index (χ0) is 13.9. The average molecular weight is 253 g/mol. The summed E-state index contributed by atoms with van der Waals surface area (Å²) in [4.78, 5) is 21.4. The highest BCUT2D eigenvalue weighted by atomic mass is 16.6. The second-order valence-electron chi connectivity index (χ2n) is 4.30. The highest BCUT2D eigenvalue weighted by Gasteiger charge is 2.27. The quantitative estimate of drug-likeness (QED) is 0.642. The smallest absolute Gasteiger partial charge is 0.345 e. The number of hydrogen-bond donors (Lipinski definition) is 1. The minimum atomic E-state index is -1.14. The first-order valence-electron chi connectivity index (χ1n) is 5.48. The molecule has 0 saturated carbocycles. The lowest BCUT2D eigenvalue weighted by molar-refractivity contribution is -0.386. The van der Waals surface area contributed by atoms with Gasteiger partial charge in [0.2, 0.25) is 0 Å². The van der Waals surface area contributed by atoms with Gasteiger partial charge >= 0.3 is 11.7 Å².